The van der Waals surface area contributed by atoms with Crippen LogP contribution in [0, 0.1) is 0 Å². The Hall–Kier alpha value is -3.11. The predicted molar refractivity (Wildman–Crippen MR) is 137 cm³/mol. The quantitative estimate of drug-likeness (QED) is 0.230. The van der Waals surface area contributed by atoms with Gasteiger partial charge in [0.2, 0.25) is 0 Å². The highest BCUT2D eigenvalue weighted by molar-refractivity contribution is 7.99. The Kier molecular flexibility index (Phi) is 8.89. The smallest absolute Gasteiger partial charge is 0.271 e. The zero-order valence-corrected chi connectivity index (χ0v) is 20.0. The number of thioether (sulfide) groups is 1. The molecular formula is C24H30N4O5S. The van der Waals surface area contributed by atoms with Crippen LogP contribution >= 0.6 is 11.8 Å². The van der Waals surface area contributed by atoms with E-state index >= 15 is 0 Å². The Morgan fingerprint density at radius 1 is 0.971 bits per heavy atom. The molecule has 182 valence electrons. The zero-order chi connectivity index (χ0) is 24.7. The molecule has 10 heteroatoms. The van der Waals surface area contributed by atoms with E-state index in [0.29, 0.717) is 12.2 Å². The number of hydrogen-bond donors (Lipinski definition) is 3. The Morgan fingerprint density at radius 2 is 1.68 bits per heavy atom. The number of anilines is 3. The van der Waals surface area contributed by atoms with Crippen LogP contribution in [0.1, 0.15) is 31.2 Å². The molecule has 1 aliphatic rings. The van der Waals surface area contributed by atoms with E-state index in [1.54, 1.807) is 0 Å². The number of nitrogens with zero attached hydrogens (tertiary/aromatic N) is 1. The fraction of sp³-hybridized carbons (Fsp3) is 0.417. The van der Waals surface area contributed by atoms with Crippen LogP contribution in [0.5, 0.6) is 5.75 Å². The van der Waals surface area contributed by atoms with Crippen LogP contribution < -0.4 is 43.2 Å². The van der Waals surface area contributed by atoms with Crippen molar-refractivity contribution in [2.24, 2.45) is 0 Å². The number of rotatable bonds is 9. The van der Waals surface area contributed by atoms with E-state index in [2.05, 4.69) is 39.2 Å². The third-order valence-electron chi connectivity index (χ3n) is 5.70. The molecule has 1 aliphatic heterocycles. The summed E-state index contributed by atoms with van der Waals surface area (Å²) in [6.45, 7) is 4.11. The summed E-state index contributed by atoms with van der Waals surface area (Å²) in [6.07, 6.45) is 4.90. The van der Waals surface area contributed by atoms with Gasteiger partial charge < -0.3 is 21.5 Å². The van der Waals surface area contributed by atoms with Crippen molar-refractivity contribution in [3.05, 3.63) is 70.7 Å². The van der Waals surface area contributed by atoms with Gasteiger partial charge in [-0.1, -0.05) is 18.6 Å². The first kappa shape index (κ1) is 25.5. The summed E-state index contributed by atoms with van der Waals surface area (Å²) in [5, 5.41) is 2.97. The molecule has 1 saturated heterocycles. The zero-order valence-electron chi connectivity index (χ0n) is 19.2. The van der Waals surface area contributed by atoms with Crippen LogP contribution in [0.3, 0.4) is 0 Å². The van der Waals surface area contributed by atoms with Gasteiger partial charge in [-0.15, -0.1) is 11.8 Å². The maximum Gasteiger partial charge on any atom is 0.271 e. The summed E-state index contributed by atoms with van der Waals surface area (Å²) in [6, 6.07) is 8.76. The van der Waals surface area contributed by atoms with Crippen molar-refractivity contribution >= 4 is 28.8 Å². The average Bonchev–Trinajstić information content (AvgIpc) is 2.87. The number of likely N-dealkylation sites (tertiary alicyclic amines) is 1. The molecule has 34 heavy (non-hydrogen) atoms. The van der Waals surface area contributed by atoms with Gasteiger partial charge in [0.25, 0.3) is 21.7 Å². The van der Waals surface area contributed by atoms with Gasteiger partial charge in [0.1, 0.15) is 17.1 Å². The topological polar surface area (TPSA) is 145 Å². The molecule has 0 radical (unpaired) electrons. The molecule has 9 nitrogen and oxygen atoms in total. The maximum atomic E-state index is 11.3. The van der Waals surface area contributed by atoms with E-state index < -0.39 is 21.7 Å². The number of nitrogen functional groups attached to an aromatic ring is 2. The Balaban J connectivity index is 0.000000302. The highest BCUT2D eigenvalue weighted by atomic mass is 32.2. The number of ether oxygens (including phenoxy) is 1. The fourth-order valence-corrected chi connectivity index (χ4v) is 4.69. The van der Waals surface area contributed by atoms with Crippen molar-refractivity contribution in [1.82, 2.24) is 4.90 Å². The Morgan fingerprint density at radius 3 is 2.29 bits per heavy atom. The molecule has 0 aromatic heterocycles. The lowest BCUT2D eigenvalue weighted by Gasteiger charge is -2.26. The molecule has 3 aromatic carbocycles. The normalized spacial score (nSPS) is 14.0. The van der Waals surface area contributed by atoms with E-state index in [0.717, 1.165) is 18.7 Å². The first-order valence-corrected chi connectivity index (χ1v) is 12.2. The van der Waals surface area contributed by atoms with Gasteiger partial charge in [-0.2, -0.15) is 0 Å². The first-order valence-electron chi connectivity index (χ1n) is 11.2. The van der Waals surface area contributed by atoms with Gasteiger partial charge in [-0.05, 0) is 55.8 Å². The van der Waals surface area contributed by atoms with Crippen LogP contribution in [0.4, 0.5) is 17.1 Å². The lowest BCUT2D eigenvalue weighted by Crippen LogP contribution is -2.37. The van der Waals surface area contributed by atoms with Gasteiger partial charge in [0, 0.05) is 18.0 Å². The van der Waals surface area contributed by atoms with Crippen molar-refractivity contribution in [2.75, 3.05) is 49.3 Å². The summed E-state index contributed by atoms with van der Waals surface area (Å²) in [5.74, 6) is 0.940. The van der Waals surface area contributed by atoms with Gasteiger partial charge in [0.05, 0.1) is 7.11 Å². The molecule has 0 spiro atoms. The first-order chi connectivity index (χ1) is 16.3. The summed E-state index contributed by atoms with van der Waals surface area (Å²) >= 11 is 1.82. The molecular weight excluding hydrogens is 456 g/mol. The standard InChI is InChI=1S/C19H25N3O2S.C5H5NO3/c20-16-17(19(24)18(16)23)21-8-5-11-25-15-7-4-6-14(12-15)13-22-9-2-1-3-10-22;1-9-5-2(6)3(7)4(5)8/h4,6-7,12,21H,1-3,5,8-11,13,20H2;6H2,1H3. The van der Waals surface area contributed by atoms with E-state index in [-0.39, 0.29) is 17.1 Å². The molecule has 3 aromatic rings. The minimum Gasteiger partial charge on any atom is -0.491 e. The minimum atomic E-state index is -0.646. The number of hydrogen-bond acceptors (Lipinski definition) is 10. The number of piperidine rings is 1. The van der Waals surface area contributed by atoms with Gasteiger partial charge in [-0.3, -0.25) is 24.1 Å². The molecule has 0 atom stereocenters. The minimum absolute atomic E-state index is 0.0139. The fourth-order valence-electron chi connectivity index (χ4n) is 3.76. The van der Waals surface area contributed by atoms with Crippen LogP contribution in [0.25, 0.3) is 0 Å². The predicted octanol–water partition coefficient (Wildman–Crippen LogP) is 1.32. The molecule has 0 unspecified atom stereocenters. The SMILES string of the molecule is COc1c(N)c(=O)c1=O.Nc1c(NCCCSc2cccc(CN3CCCCC3)c2)c(=O)c1=O. The van der Waals surface area contributed by atoms with E-state index in [4.69, 9.17) is 11.5 Å². The van der Waals surface area contributed by atoms with E-state index in [1.807, 2.05) is 11.8 Å². The molecule has 1 fully saturated rings. The van der Waals surface area contributed by atoms with Gasteiger partial charge in [0.15, 0.2) is 5.75 Å². The molecule has 4 rings (SSSR count). The lowest BCUT2D eigenvalue weighted by atomic mass is 10.1. The summed E-state index contributed by atoms with van der Waals surface area (Å²) in [5.41, 5.74) is 9.88. The number of nitrogens with one attached hydrogen (secondary N) is 1. The van der Waals surface area contributed by atoms with Crippen LogP contribution in [-0.2, 0) is 6.54 Å². The monoisotopic (exact) mass is 486 g/mol. The van der Waals surface area contributed by atoms with Crippen molar-refractivity contribution in [3.8, 4) is 5.75 Å². The molecule has 0 amide bonds. The second-order valence-electron chi connectivity index (χ2n) is 8.17. The van der Waals surface area contributed by atoms with Crippen molar-refractivity contribution in [1.29, 1.82) is 0 Å². The second-order valence-corrected chi connectivity index (χ2v) is 9.33. The van der Waals surface area contributed by atoms with Gasteiger partial charge >= 0.3 is 0 Å². The largest absolute Gasteiger partial charge is 0.491 e. The highest BCUT2D eigenvalue weighted by Gasteiger charge is 2.18. The van der Waals surface area contributed by atoms with E-state index in [1.165, 1.54) is 49.9 Å². The summed E-state index contributed by atoms with van der Waals surface area (Å²) in [7, 11) is 1.30. The highest BCUT2D eigenvalue weighted by Crippen LogP contribution is 2.22. The number of nitrogens with two attached hydrogens (primary N) is 2. The number of methoxy groups -OCH3 is 1. The van der Waals surface area contributed by atoms with Crippen molar-refractivity contribution in [3.63, 3.8) is 0 Å². The van der Waals surface area contributed by atoms with Crippen molar-refractivity contribution < 1.29 is 4.74 Å². The molecule has 5 N–H and O–H groups in total. The average molecular weight is 487 g/mol. The Labute approximate surface area is 201 Å². The van der Waals surface area contributed by atoms with Crippen LogP contribution in [-0.4, -0.2) is 37.4 Å². The van der Waals surface area contributed by atoms with Crippen LogP contribution in [0.15, 0.2) is 48.3 Å². The number of benzene rings is 1. The molecule has 0 aliphatic carbocycles. The third kappa shape index (κ3) is 6.06. The van der Waals surface area contributed by atoms with Gasteiger partial charge in [-0.25, -0.2) is 0 Å². The maximum absolute atomic E-state index is 11.3. The Bertz CT molecular complexity index is 1250. The second kappa shape index (κ2) is 11.8. The van der Waals surface area contributed by atoms with Crippen molar-refractivity contribution in [2.45, 2.75) is 37.1 Å². The molecule has 1 heterocycles. The van der Waals surface area contributed by atoms with Crippen LogP contribution in [0.2, 0.25) is 0 Å². The summed E-state index contributed by atoms with van der Waals surface area (Å²) < 4.78 is 4.47. The molecule has 0 bridgehead atoms. The third-order valence-corrected chi connectivity index (χ3v) is 6.78. The molecule has 0 saturated carbocycles. The summed E-state index contributed by atoms with van der Waals surface area (Å²) in [4.78, 5) is 46.9. The van der Waals surface area contributed by atoms with E-state index in [9.17, 15) is 19.2 Å². The lowest BCUT2D eigenvalue weighted by molar-refractivity contribution is 0.221.